The van der Waals surface area contributed by atoms with Crippen molar-refractivity contribution in [2.75, 3.05) is 0 Å². The molecule has 0 saturated carbocycles. The van der Waals surface area contributed by atoms with Crippen molar-refractivity contribution in [3.05, 3.63) is 58.8 Å². The zero-order chi connectivity index (χ0) is 20.5. The van der Waals surface area contributed by atoms with Gasteiger partial charge in [-0.25, -0.2) is 0 Å². The van der Waals surface area contributed by atoms with Crippen molar-refractivity contribution in [1.29, 1.82) is 0 Å². The van der Waals surface area contributed by atoms with Crippen LogP contribution in [-0.4, -0.2) is 16.6 Å². The molecule has 0 aliphatic rings. The minimum absolute atomic E-state index is 0.0734. The number of aromatic hydroxyl groups is 1. The summed E-state index contributed by atoms with van der Waals surface area (Å²) in [6.07, 6.45) is 0.402. The maximum absolute atomic E-state index is 13.0. The Balaban J connectivity index is 2.10. The molecule has 0 aliphatic carbocycles. The van der Waals surface area contributed by atoms with Crippen molar-refractivity contribution >= 4 is 16.9 Å². The lowest BCUT2D eigenvalue weighted by Crippen LogP contribution is -2.37. The summed E-state index contributed by atoms with van der Waals surface area (Å²) in [6, 6.07) is 12.9. The van der Waals surface area contributed by atoms with Gasteiger partial charge < -0.3 is 20.0 Å². The van der Waals surface area contributed by atoms with E-state index in [9.17, 15) is 14.7 Å². The van der Waals surface area contributed by atoms with Crippen LogP contribution in [0.15, 0.2) is 57.7 Å². The van der Waals surface area contributed by atoms with Gasteiger partial charge in [-0.3, -0.25) is 9.59 Å². The SMILES string of the molecule is CC(CC(C)(C)N)C(=O)Oc1c(-c2ccc(O)cc2)oc2ccccc2c1=O. The summed E-state index contributed by atoms with van der Waals surface area (Å²) < 4.78 is 11.4. The van der Waals surface area contributed by atoms with E-state index in [1.54, 1.807) is 43.3 Å². The molecule has 0 saturated heterocycles. The zero-order valence-corrected chi connectivity index (χ0v) is 16.1. The molecule has 28 heavy (non-hydrogen) atoms. The number of carbonyl (C=O) groups excluding carboxylic acids is 1. The predicted octanol–water partition coefficient (Wildman–Crippen LogP) is 3.83. The third-order valence-corrected chi connectivity index (χ3v) is 4.32. The number of ether oxygens (including phenoxy) is 1. The van der Waals surface area contributed by atoms with Gasteiger partial charge in [0.05, 0.1) is 11.3 Å². The molecule has 3 rings (SSSR count). The topological polar surface area (TPSA) is 103 Å². The summed E-state index contributed by atoms with van der Waals surface area (Å²) in [5.74, 6) is -1.02. The number of benzene rings is 2. The molecule has 0 spiro atoms. The molecule has 3 aromatic rings. The molecule has 2 aromatic carbocycles. The number of hydrogen-bond acceptors (Lipinski definition) is 6. The van der Waals surface area contributed by atoms with Crippen molar-refractivity contribution in [3.8, 4) is 22.8 Å². The van der Waals surface area contributed by atoms with Gasteiger partial charge in [0.1, 0.15) is 11.3 Å². The van der Waals surface area contributed by atoms with Crippen LogP contribution < -0.4 is 15.9 Å². The molecule has 146 valence electrons. The molecule has 6 nitrogen and oxygen atoms in total. The molecule has 0 bridgehead atoms. The predicted molar refractivity (Wildman–Crippen MR) is 107 cm³/mol. The van der Waals surface area contributed by atoms with E-state index in [0.29, 0.717) is 23.0 Å². The van der Waals surface area contributed by atoms with Gasteiger partial charge in [0.15, 0.2) is 5.76 Å². The Hall–Kier alpha value is -3.12. The first-order chi connectivity index (χ1) is 13.2. The summed E-state index contributed by atoms with van der Waals surface area (Å²) in [6.45, 7) is 5.35. The first-order valence-electron chi connectivity index (χ1n) is 9.01. The van der Waals surface area contributed by atoms with E-state index in [1.807, 2.05) is 13.8 Å². The monoisotopic (exact) mass is 381 g/mol. The van der Waals surface area contributed by atoms with Gasteiger partial charge in [-0.1, -0.05) is 19.1 Å². The lowest BCUT2D eigenvalue weighted by Gasteiger charge is -2.22. The molecule has 1 unspecified atom stereocenters. The van der Waals surface area contributed by atoms with E-state index in [-0.39, 0.29) is 17.3 Å². The minimum atomic E-state index is -0.555. The number of phenols is 1. The molecule has 0 radical (unpaired) electrons. The molecule has 0 aliphatic heterocycles. The number of esters is 1. The van der Waals surface area contributed by atoms with Gasteiger partial charge in [0.25, 0.3) is 0 Å². The van der Waals surface area contributed by atoms with Crippen LogP contribution in [0.4, 0.5) is 0 Å². The van der Waals surface area contributed by atoms with E-state index in [0.717, 1.165) is 0 Å². The minimum Gasteiger partial charge on any atom is -0.508 e. The average molecular weight is 381 g/mol. The number of para-hydroxylation sites is 1. The Bertz CT molecular complexity index is 1060. The van der Waals surface area contributed by atoms with Crippen molar-refractivity contribution in [2.45, 2.75) is 32.7 Å². The first kappa shape index (κ1) is 19.6. The lowest BCUT2D eigenvalue weighted by atomic mass is 9.93. The molecule has 0 amide bonds. The van der Waals surface area contributed by atoms with E-state index < -0.39 is 22.9 Å². The molecule has 1 atom stereocenters. The van der Waals surface area contributed by atoms with Crippen LogP contribution in [-0.2, 0) is 4.79 Å². The van der Waals surface area contributed by atoms with E-state index in [2.05, 4.69) is 0 Å². The van der Waals surface area contributed by atoms with Crippen LogP contribution in [0.3, 0.4) is 0 Å². The second-order valence-electron chi connectivity index (χ2n) is 7.65. The van der Waals surface area contributed by atoms with Gasteiger partial charge in [-0.15, -0.1) is 0 Å². The highest BCUT2D eigenvalue weighted by atomic mass is 16.5. The van der Waals surface area contributed by atoms with Crippen LogP contribution in [0, 0.1) is 5.92 Å². The van der Waals surface area contributed by atoms with Gasteiger partial charge in [0, 0.05) is 11.1 Å². The summed E-state index contributed by atoms with van der Waals surface area (Å²) in [7, 11) is 0. The maximum atomic E-state index is 13.0. The normalized spacial score (nSPS) is 12.7. The average Bonchev–Trinajstić information content (AvgIpc) is 2.63. The highest BCUT2D eigenvalue weighted by molar-refractivity contribution is 5.84. The molecule has 6 heteroatoms. The van der Waals surface area contributed by atoms with Crippen molar-refractivity contribution in [2.24, 2.45) is 11.7 Å². The Kier molecular flexibility index (Phi) is 5.25. The number of fused-ring (bicyclic) bond motifs is 1. The zero-order valence-electron chi connectivity index (χ0n) is 16.1. The van der Waals surface area contributed by atoms with Crippen LogP contribution in [0.1, 0.15) is 27.2 Å². The number of hydrogen-bond donors (Lipinski definition) is 2. The third-order valence-electron chi connectivity index (χ3n) is 4.32. The Labute approximate surface area is 162 Å². The number of phenolic OH excluding ortho intramolecular Hbond substituents is 1. The Morgan fingerprint density at radius 3 is 2.46 bits per heavy atom. The van der Waals surface area contributed by atoms with E-state index in [1.165, 1.54) is 12.1 Å². The summed E-state index contributed by atoms with van der Waals surface area (Å²) >= 11 is 0. The quantitative estimate of drug-likeness (QED) is 0.651. The highest BCUT2D eigenvalue weighted by Gasteiger charge is 2.26. The Morgan fingerprint density at radius 1 is 1.18 bits per heavy atom. The van der Waals surface area contributed by atoms with Crippen LogP contribution in [0.25, 0.3) is 22.3 Å². The maximum Gasteiger partial charge on any atom is 0.314 e. The smallest absolute Gasteiger partial charge is 0.314 e. The highest BCUT2D eigenvalue weighted by Crippen LogP contribution is 2.32. The second-order valence-corrected chi connectivity index (χ2v) is 7.65. The number of rotatable bonds is 5. The summed E-state index contributed by atoms with van der Waals surface area (Å²) in [4.78, 5) is 25.6. The third kappa shape index (κ3) is 4.23. The molecule has 3 N–H and O–H groups in total. The molecule has 1 heterocycles. The van der Waals surface area contributed by atoms with Crippen LogP contribution >= 0.6 is 0 Å². The fourth-order valence-electron chi connectivity index (χ4n) is 3.09. The van der Waals surface area contributed by atoms with Gasteiger partial charge in [-0.2, -0.15) is 0 Å². The number of nitrogens with two attached hydrogens (primary N) is 1. The van der Waals surface area contributed by atoms with E-state index in [4.69, 9.17) is 14.9 Å². The standard InChI is InChI=1S/C22H23NO5/c1-13(12-22(2,3)23)21(26)28-20-18(25)16-6-4-5-7-17(16)27-19(20)14-8-10-15(24)11-9-14/h4-11,13,24H,12,23H2,1-3H3. The fourth-order valence-corrected chi connectivity index (χ4v) is 3.09. The fraction of sp³-hybridized carbons (Fsp3) is 0.273. The summed E-state index contributed by atoms with van der Waals surface area (Å²) in [5, 5.41) is 9.86. The lowest BCUT2D eigenvalue weighted by molar-refractivity contribution is -0.139. The molecular weight excluding hydrogens is 358 g/mol. The van der Waals surface area contributed by atoms with Crippen LogP contribution in [0.2, 0.25) is 0 Å². The first-order valence-corrected chi connectivity index (χ1v) is 9.01. The van der Waals surface area contributed by atoms with Gasteiger partial charge in [-0.05, 0) is 56.7 Å². The number of carbonyl (C=O) groups is 1. The van der Waals surface area contributed by atoms with Crippen molar-refractivity contribution in [3.63, 3.8) is 0 Å². The molecular formula is C22H23NO5. The van der Waals surface area contributed by atoms with Crippen LogP contribution in [0.5, 0.6) is 11.5 Å². The van der Waals surface area contributed by atoms with Gasteiger partial charge in [0.2, 0.25) is 11.2 Å². The van der Waals surface area contributed by atoms with Crippen molar-refractivity contribution < 1.29 is 19.1 Å². The van der Waals surface area contributed by atoms with E-state index >= 15 is 0 Å². The van der Waals surface area contributed by atoms with Gasteiger partial charge >= 0.3 is 5.97 Å². The van der Waals surface area contributed by atoms with Crippen molar-refractivity contribution in [1.82, 2.24) is 0 Å². The molecule has 1 aromatic heterocycles. The summed E-state index contributed by atoms with van der Waals surface area (Å²) in [5.41, 5.74) is 5.90. The molecule has 0 fully saturated rings. The second kappa shape index (κ2) is 7.48. The largest absolute Gasteiger partial charge is 0.508 e. The Morgan fingerprint density at radius 2 is 1.82 bits per heavy atom.